The van der Waals surface area contributed by atoms with E-state index in [1.165, 1.54) is 11.3 Å². The number of rotatable bonds is 7. The number of fused-ring (bicyclic) bond motifs is 1. The molecule has 0 amide bonds. The molecule has 4 aromatic rings. The minimum atomic E-state index is -0.738. The molecule has 0 radical (unpaired) electrons. The monoisotopic (exact) mass is 633 g/mol. The average Bonchev–Trinajstić information content (AvgIpc) is 3.38. The summed E-state index contributed by atoms with van der Waals surface area (Å²) in [6.45, 7) is 11.7. The maximum atomic E-state index is 14.1. The van der Waals surface area contributed by atoms with Crippen molar-refractivity contribution in [2.45, 2.75) is 53.7 Å². The Labute approximate surface area is 251 Å². The number of para-hydroxylation sites is 1. The highest BCUT2D eigenvalue weighted by atomic mass is 79.9. The fourth-order valence-corrected chi connectivity index (χ4v) is 6.52. The Morgan fingerprint density at radius 3 is 2.51 bits per heavy atom. The highest BCUT2D eigenvalue weighted by Crippen LogP contribution is 2.36. The number of carbonyl (C=O) groups is 1. The van der Waals surface area contributed by atoms with Crippen molar-refractivity contribution < 1.29 is 14.3 Å². The van der Waals surface area contributed by atoms with Crippen LogP contribution in [0.15, 0.2) is 80.1 Å². The molecule has 0 saturated carbocycles. The Hall–Kier alpha value is -3.69. The maximum Gasteiger partial charge on any atom is 0.338 e. The first-order valence-corrected chi connectivity index (χ1v) is 15.1. The van der Waals surface area contributed by atoms with Crippen molar-refractivity contribution in [2.24, 2.45) is 4.99 Å². The molecule has 7 nitrogen and oxygen atoms in total. The van der Waals surface area contributed by atoms with Gasteiger partial charge in [0.15, 0.2) is 4.80 Å². The number of esters is 1. The summed E-state index contributed by atoms with van der Waals surface area (Å²) in [4.78, 5) is 32.6. The van der Waals surface area contributed by atoms with Gasteiger partial charge in [0, 0.05) is 27.1 Å². The molecule has 0 saturated heterocycles. The predicted octanol–water partition coefficient (Wildman–Crippen LogP) is 5.76. The van der Waals surface area contributed by atoms with E-state index in [1.54, 1.807) is 18.4 Å². The number of aromatic nitrogens is 2. The Balaban J connectivity index is 1.71. The van der Waals surface area contributed by atoms with E-state index in [1.807, 2.05) is 63.2 Å². The summed E-state index contributed by atoms with van der Waals surface area (Å²) < 4.78 is 16.9. The molecule has 3 heterocycles. The van der Waals surface area contributed by atoms with Crippen LogP contribution in [0, 0.1) is 13.8 Å². The fourth-order valence-electron chi connectivity index (χ4n) is 5.22. The van der Waals surface area contributed by atoms with Gasteiger partial charge in [-0.25, -0.2) is 9.79 Å². The zero-order chi connectivity index (χ0) is 29.4. The van der Waals surface area contributed by atoms with Crippen LogP contribution in [0.1, 0.15) is 56.3 Å². The molecule has 0 unspecified atom stereocenters. The molecule has 0 spiro atoms. The van der Waals surface area contributed by atoms with Crippen molar-refractivity contribution >= 4 is 39.3 Å². The molecule has 0 aliphatic carbocycles. The normalized spacial score (nSPS) is 15.2. The molecule has 41 heavy (non-hydrogen) atoms. The topological polar surface area (TPSA) is 74.8 Å². The van der Waals surface area contributed by atoms with Gasteiger partial charge in [0.2, 0.25) is 0 Å². The first-order valence-electron chi connectivity index (χ1n) is 13.5. The van der Waals surface area contributed by atoms with Gasteiger partial charge in [0.05, 0.1) is 28.5 Å². The molecule has 1 aliphatic heterocycles. The first-order chi connectivity index (χ1) is 19.6. The molecule has 212 valence electrons. The lowest BCUT2D eigenvalue weighted by Gasteiger charge is -2.26. The summed E-state index contributed by atoms with van der Waals surface area (Å²) in [6.07, 6.45) is 1.82. The second-order valence-electron chi connectivity index (χ2n) is 10.1. The van der Waals surface area contributed by atoms with E-state index in [4.69, 9.17) is 14.5 Å². The van der Waals surface area contributed by atoms with Crippen LogP contribution in [0.4, 0.5) is 0 Å². The summed E-state index contributed by atoms with van der Waals surface area (Å²) in [7, 11) is 0. The van der Waals surface area contributed by atoms with Crippen molar-refractivity contribution in [3.8, 4) is 11.4 Å². The summed E-state index contributed by atoms with van der Waals surface area (Å²) in [6, 6.07) is 17.0. The largest absolute Gasteiger partial charge is 0.491 e. The van der Waals surface area contributed by atoms with Gasteiger partial charge in [-0.1, -0.05) is 45.5 Å². The Bertz CT molecular complexity index is 1840. The molecule has 0 N–H and O–H groups in total. The number of halogens is 1. The lowest BCUT2D eigenvalue weighted by molar-refractivity contribution is -0.139. The van der Waals surface area contributed by atoms with Crippen LogP contribution < -0.4 is 19.6 Å². The van der Waals surface area contributed by atoms with Crippen LogP contribution in [-0.4, -0.2) is 27.8 Å². The molecule has 0 bridgehead atoms. The number of carbonyl (C=O) groups excluding carboxylic acids is 1. The van der Waals surface area contributed by atoms with Gasteiger partial charge in [-0.15, -0.1) is 0 Å². The van der Waals surface area contributed by atoms with Crippen LogP contribution in [0.3, 0.4) is 0 Å². The average molecular weight is 635 g/mol. The van der Waals surface area contributed by atoms with Gasteiger partial charge < -0.3 is 14.0 Å². The number of thiazole rings is 1. The number of allylic oxidation sites excluding steroid dienone is 1. The number of hydrogen-bond donors (Lipinski definition) is 0. The van der Waals surface area contributed by atoms with E-state index < -0.39 is 12.0 Å². The van der Waals surface area contributed by atoms with Crippen molar-refractivity contribution in [3.05, 3.63) is 113 Å². The lowest BCUT2D eigenvalue weighted by atomic mass is 9.95. The fraction of sp³-hybridized carbons (Fsp3) is 0.281. The predicted molar refractivity (Wildman–Crippen MR) is 166 cm³/mol. The van der Waals surface area contributed by atoms with E-state index >= 15 is 0 Å². The molecular weight excluding hydrogens is 602 g/mol. The lowest BCUT2D eigenvalue weighted by Crippen LogP contribution is -2.40. The highest BCUT2D eigenvalue weighted by Gasteiger charge is 2.35. The first kappa shape index (κ1) is 28.8. The second-order valence-corrected chi connectivity index (χ2v) is 12.1. The Morgan fingerprint density at radius 1 is 1.12 bits per heavy atom. The van der Waals surface area contributed by atoms with Gasteiger partial charge in [0.25, 0.3) is 5.56 Å². The summed E-state index contributed by atoms with van der Waals surface area (Å²) in [5.74, 6) is 0.113. The van der Waals surface area contributed by atoms with E-state index in [2.05, 4.69) is 45.6 Å². The Kier molecular flexibility index (Phi) is 8.20. The smallest absolute Gasteiger partial charge is 0.338 e. The van der Waals surface area contributed by atoms with Crippen LogP contribution in [-0.2, 0) is 9.53 Å². The van der Waals surface area contributed by atoms with Crippen molar-refractivity contribution in [1.29, 1.82) is 0 Å². The molecule has 9 heteroatoms. The summed E-state index contributed by atoms with van der Waals surface area (Å²) in [5.41, 5.74) is 5.40. The zero-order valence-corrected chi connectivity index (χ0v) is 26.3. The number of nitrogens with zero attached hydrogens (tertiary/aromatic N) is 3. The minimum Gasteiger partial charge on any atom is -0.491 e. The quantitative estimate of drug-likeness (QED) is 0.243. The molecular formula is C32H32BrN3O4S. The SMILES string of the molecule is CCOC(=O)C1=C(C)N=c2s/c(=C\c3cc(C)n(-c4ccc(Br)cc4)c3C)c(=O)n2[C@@H]1c1ccccc1OC(C)C. The van der Waals surface area contributed by atoms with Gasteiger partial charge >= 0.3 is 5.97 Å². The molecule has 1 aliphatic rings. The van der Waals surface area contributed by atoms with Crippen LogP contribution in [0.25, 0.3) is 11.8 Å². The molecule has 5 rings (SSSR count). The summed E-state index contributed by atoms with van der Waals surface area (Å²) in [5, 5.41) is 0. The van der Waals surface area contributed by atoms with Crippen LogP contribution >= 0.6 is 27.3 Å². The Morgan fingerprint density at radius 2 is 1.83 bits per heavy atom. The standard InChI is InChI=1S/C32H32BrN3O4S/c1-7-39-31(38)28-20(5)34-32-36(29(28)25-10-8-9-11-26(25)40-18(2)3)30(37)27(41-32)17-22-16-19(4)35(21(22)6)24-14-12-23(33)13-15-24/h8-18,29H,7H2,1-6H3/b27-17-/t29-/m1/s1. The number of hydrogen-bond acceptors (Lipinski definition) is 6. The molecule has 0 fully saturated rings. The van der Waals surface area contributed by atoms with Gasteiger partial charge in [-0.05, 0) is 89.6 Å². The third-order valence-corrected chi connectivity index (χ3v) is 8.45. The van der Waals surface area contributed by atoms with Gasteiger partial charge in [0.1, 0.15) is 11.8 Å². The summed E-state index contributed by atoms with van der Waals surface area (Å²) >= 11 is 4.82. The molecule has 2 aromatic heterocycles. The van der Waals surface area contributed by atoms with E-state index in [9.17, 15) is 9.59 Å². The van der Waals surface area contributed by atoms with Gasteiger partial charge in [-0.3, -0.25) is 9.36 Å². The van der Waals surface area contributed by atoms with E-state index in [-0.39, 0.29) is 18.3 Å². The number of aryl methyl sites for hydroxylation is 1. The van der Waals surface area contributed by atoms with Crippen LogP contribution in [0.2, 0.25) is 0 Å². The van der Waals surface area contributed by atoms with Crippen molar-refractivity contribution in [3.63, 3.8) is 0 Å². The van der Waals surface area contributed by atoms with Crippen molar-refractivity contribution in [1.82, 2.24) is 9.13 Å². The highest BCUT2D eigenvalue weighted by molar-refractivity contribution is 9.10. The zero-order valence-electron chi connectivity index (χ0n) is 23.9. The number of benzene rings is 2. The number of ether oxygens (including phenoxy) is 2. The van der Waals surface area contributed by atoms with E-state index in [0.717, 1.165) is 27.1 Å². The molecule has 1 atom stereocenters. The third kappa shape index (κ3) is 5.48. The van der Waals surface area contributed by atoms with E-state index in [0.29, 0.717) is 31.9 Å². The van der Waals surface area contributed by atoms with Crippen molar-refractivity contribution in [2.75, 3.05) is 6.61 Å². The third-order valence-electron chi connectivity index (χ3n) is 6.94. The maximum absolute atomic E-state index is 14.1. The second kappa shape index (κ2) is 11.7. The molecule has 2 aromatic carbocycles. The van der Waals surface area contributed by atoms with Crippen LogP contribution in [0.5, 0.6) is 5.75 Å². The van der Waals surface area contributed by atoms with Gasteiger partial charge in [-0.2, -0.15) is 0 Å². The minimum absolute atomic E-state index is 0.0934.